The van der Waals surface area contributed by atoms with E-state index in [2.05, 4.69) is 48.5 Å². The Bertz CT molecular complexity index is 577. The second-order valence-electron chi connectivity index (χ2n) is 6.52. The van der Waals surface area contributed by atoms with Gasteiger partial charge in [-0.3, -0.25) is 4.79 Å². The van der Waals surface area contributed by atoms with E-state index in [9.17, 15) is 4.79 Å². The zero-order chi connectivity index (χ0) is 16.1. The van der Waals surface area contributed by atoms with Crippen molar-refractivity contribution in [2.75, 3.05) is 7.05 Å². The second kappa shape index (κ2) is 7.45. The van der Waals surface area contributed by atoms with Crippen LogP contribution >= 0.6 is 0 Å². The standard InChI is InChI=1S/C21H25NO/c1-22(19-14-8-9-15-19)21(23)16-20(17-10-4-2-5-11-17)18-12-6-3-7-13-18/h2-7,10-13,19-20H,8-9,14-16H2,1H3. The molecule has 0 unspecified atom stereocenters. The highest BCUT2D eigenvalue weighted by molar-refractivity contribution is 5.78. The fourth-order valence-electron chi connectivity index (χ4n) is 3.61. The number of nitrogens with zero attached hydrogens (tertiary/aromatic N) is 1. The summed E-state index contributed by atoms with van der Waals surface area (Å²) in [6.45, 7) is 0. The lowest BCUT2D eigenvalue weighted by Crippen LogP contribution is -2.36. The Labute approximate surface area is 139 Å². The van der Waals surface area contributed by atoms with Crippen LogP contribution in [0.3, 0.4) is 0 Å². The minimum atomic E-state index is 0.133. The van der Waals surface area contributed by atoms with E-state index in [4.69, 9.17) is 0 Å². The van der Waals surface area contributed by atoms with E-state index in [0.29, 0.717) is 12.5 Å². The number of benzene rings is 2. The summed E-state index contributed by atoms with van der Waals surface area (Å²) in [5, 5.41) is 0. The average Bonchev–Trinajstić information content (AvgIpc) is 3.15. The third kappa shape index (κ3) is 3.82. The molecule has 2 aromatic carbocycles. The third-order valence-corrected chi connectivity index (χ3v) is 5.05. The normalized spacial score (nSPS) is 15.0. The van der Waals surface area contributed by atoms with Gasteiger partial charge < -0.3 is 4.90 Å². The van der Waals surface area contributed by atoms with Crippen molar-refractivity contribution in [2.24, 2.45) is 0 Å². The first-order chi connectivity index (χ1) is 11.3. The van der Waals surface area contributed by atoms with E-state index >= 15 is 0 Å². The van der Waals surface area contributed by atoms with Gasteiger partial charge in [0.2, 0.25) is 5.91 Å². The van der Waals surface area contributed by atoms with Gasteiger partial charge in [0, 0.05) is 25.4 Å². The first kappa shape index (κ1) is 15.8. The Morgan fingerprint density at radius 3 is 1.91 bits per heavy atom. The van der Waals surface area contributed by atoms with Crippen LogP contribution in [0.15, 0.2) is 60.7 Å². The van der Waals surface area contributed by atoms with Gasteiger partial charge in [-0.25, -0.2) is 0 Å². The van der Waals surface area contributed by atoms with Gasteiger partial charge in [-0.15, -0.1) is 0 Å². The fraction of sp³-hybridized carbons (Fsp3) is 0.381. The molecule has 2 nitrogen and oxygen atoms in total. The van der Waals surface area contributed by atoms with Gasteiger partial charge >= 0.3 is 0 Å². The molecule has 0 aromatic heterocycles. The van der Waals surface area contributed by atoms with E-state index in [-0.39, 0.29) is 11.8 Å². The Morgan fingerprint density at radius 2 is 1.43 bits per heavy atom. The number of amides is 1. The molecule has 2 heteroatoms. The lowest BCUT2D eigenvalue weighted by Gasteiger charge is -2.27. The maximum absolute atomic E-state index is 12.8. The van der Waals surface area contributed by atoms with Crippen molar-refractivity contribution >= 4 is 5.91 Å². The minimum Gasteiger partial charge on any atom is -0.343 e. The van der Waals surface area contributed by atoms with Crippen LogP contribution in [-0.2, 0) is 4.79 Å². The maximum atomic E-state index is 12.8. The first-order valence-electron chi connectivity index (χ1n) is 8.61. The molecule has 1 aliphatic carbocycles. The summed E-state index contributed by atoms with van der Waals surface area (Å²) < 4.78 is 0. The molecule has 1 fully saturated rings. The summed E-state index contributed by atoms with van der Waals surface area (Å²) in [6.07, 6.45) is 5.36. The highest BCUT2D eigenvalue weighted by Crippen LogP contribution is 2.30. The molecule has 120 valence electrons. The van der Waals surface area contributed by atoms with Gasteiger partial charge in [-0.1, -0.05) is 73.5 Å². The Kier molecular flexibility index (Phi) is 5.12. The number of hydrogen-bond acceptors (Lipinski definition) is 1. The fourth-order valence-corrected chi connectivity index (χ4v) is 3.61. The first-order valence-corrected chi connectivity index (χ1v) is 8.61. The molecule has 3 rings (SSSR count). The van der Waals surface area contributed by atoms with Crippen molar-refractivity contribution < 1.29 is 4.79 Å². The van der Waals surface area contributed by atoms with E-state index < -0.39 is 0 Å². The molecule has 0 N–H and O–H groups in total. The molecular weight excluding hydrogens is 282 g/mol. The van der Waals surface area contributed by atoms with Crippen LogP contribution in [0.1, 0.15) is 49.1 Å². The van der Waals surface area contributed by atoms with Crippen LogP contribution in [0.25, 0.3) is 0 Å². The Morgan fingerprint density at radius 1 is 0.957 bits per heavy atom. The second-order valence-corrected chi connectivity index (χ2v) is 6.52. The monoisotopic (exact) mass is 307 g/mol. The van der Waals surface area contributed by atoms with Crippen molar-refractivity contribution in [1.82, 2.24) is 4.90 Å². The summed E-state index contributed by atoms with van der Waals surface area (Å²) in [6, 6.07) is 21.2. The van der Waals surface area contributed by atoms with Gasteiger partial charge in [-0.2, -0.15) is 0 Å². The molecule has 0 atom stereocenters. The number of carbonyl (C=O) groups excluding carboxylic acids is 1. The molecule has 0 spiro atoms. The summed E-state index contributed by atoms with van der Waals surface area (Å²) in [4.78, 5) is 14.8. The topological polar surface area (TPSA) is 20.3 Å². The van der Waals surface area contributed by atoms with Crippen LogP contribution < -0.4 is 0 Å². The van der Waals surface area contributed by atoms with Gasteiger partial charge in [0.15, 0.2) is 0 Å². The van der Waals surface area contributed by atoms with Gasteiger partial charge in [0.05, 0.1) is 0 Å². The molecule has 0 radical (unpaired) electrons. The highest BCUT2D eigenvalue weighted by atomic mass is 16.2. The predicted molar refractivity (Wildman–Crippen MR) is 94.4 cm³/mol. The molecule has 1 amide bonds. The largest absolute Gasteiger partial charge is 0.343 e. The van der Waals surface area contributed by atoms with Crippen LogP contribution in [0.4, 0.5) is 0 Å². The molecule has 1 aliphatic rings. The van der Waals surface area contributed by atoms with E-state index in [1.807, 2.05) is 24.1 Å². The van der Waals surface area contributed by atoms with Crippen molar-refractivity contribution in [3.8, 4) is 0 Å². The van der Waals surface area contributed by atoms with Crippen LogP contribution in [0, 0.1) is 0 Å². The summed E-state index contributed by atoms with van der Waals surface area (Å²) in [5.41, 5.74) is 2.43. The number of carbonyl (C=O) groups is 1. The Hall–Kier alpha value is -2.09. The molecule has 23 heavy (non-hydrogen) atoms. The minimum absolute atomic E-state index is 0.133. The molecule has 0 bridgehead atoms. The van der Waals surface area contributed by atoms with E-state index in [1.165, 1.54) is 24.0 Å². The molecule has 1 saturated carbocycles. The molecular formula is C21H25NO. The van der Waals surface area contributed by atoms with Crippen LogP contribution in [0.5, 0.6) is 0 Å². The lowest BCUT2D eigenvalue weighted by molar-refractivity contribution is -0.132. The van der Waals surface area contributed by atoms with Gasteiger partial charge in [0.25, 0.3) is 0 Å². The third-order valence-electron chi connectivity index (χ3n) is 5.05. The molecule has 2 aromatic rings. The number of hydrogen-bond donors (Lipinski definition) is 0. The highest BCUT2D eigenvalue weighted by Gasteiger charge is 2.26. The molecule has 0 aliphatic heterocycles. The van der Waals surface area contributed by atoms with Crippen molar-refractivity contribution in [2.45, 2.75) is 44.1 Å². The van der Waals surface area contributed by atoms with Crippen LogP contribution in [-0.4, -0.2) is 23.9 Å². The average molecular weight is 307 g/mol. The maximum Gasteiger partial charge on any atom is 0.223 e. The van der Waals surface area contributed by atoms with Crippen molar-refractivity contribution in [1.29, 1.82) is 0 Å². The summed E-state index contributed by atoms with van der Waals surface area (Å²) >= 11 is 0. The zero-order valence-electron chi connectivity index (χ0n) is 13.8. The van der Waals surface area contributed by atoms with Crippen LogP contribution in [0.2, 0.25) is 0 Å². The van der Waals surface area contributed by atoms with Crippen molar-refractivity contribution in [3.63, 3.8) is 0 Å². The van der Waals surface area contributed by atoms with Gasteiger partial charge in [0.1, 0.15) is 0 Å². The van der Waals surface area contributed by atoms with E-state index in [1.54, 1.807) is 0 Å². The lowest BCUT2D eigenvalue weighted by atomic mass is 9.88. The van der Waals surface area contributed by atoms with Crippen molar-refractivity contribution in [3.05, 3.63) is 71.8 Å². The molecule has 0 saturated heterocycles. The molecule has 0 heterocycles. The number of rotatable bonds is 5. The SMILES string of the molecule is CN(C(=O)CC(c1ccccc1)c1ccccc1)C1CCCC1. The zero-order valence-corrected chi connectivity index (χ0v) is 13.8. The predicted octanol–water partition coefficient (Wildman–Crippen LogP) is 4.61. The Balaban J connectivity index is 1.80. The summed E-state index contributed by atoms with van der Waals surface area (Å²) in [7, 11) is 1.98. The summed E-state index contributed by atoms with van der Waals surface area (Å²) in [5.74, 6) is 0.392. The smallest absolute Gasteiger partial charge is 0.223 e. The quantitative estimate of drug-likeness (QED) is 0.790. The van der Waals surface area contributed by atoms with E-state index in [0.717, 1.165) is 12.8 Å². The van der Waals surface area contributed by atoms with Gasteiger partial charge in [-0.05, 0) is 24.0 Å².